The highest BCUT2D eigenvalue weighted by atomic mass is 19.1. The molecule has 0 bridgehead atoms. The van der Waals surface area contributed by atoms with E-state index in [1.165, 1.54) is 23.1 Å². The number of hydrogen-bond donors (Lipinski definition) is 1. The minimum absolute atomic E-state index is 0.179. The fraction of sp³-hybridized carbons (Fsp3) is 0.167. The fourth-order valence-electron chi connectivity index (χ4n) is 2.38. The van der Waals surface area contributed by atoms with E-state index in [2.05, 4.69) is 35.4 Å². The Balaban J connectivity index is 1.69. The average molecular weight is 280 g/mol. The van der Waals surface area contributed by atoms with Crippen molar-refractivity contribution in [2.75, 3.05) is 0 Å². The summed E-state index contributed by atoms with van der Waals surface area (Å²) < 4.78 is 12.9. The molecule has 106 valence electrons. The van der Waals surface area contributed by atoms with E-state index in [0.717, 1.165) is 17.5 Å². The molecule has 2 aromatic carbocycles. The summed E-state index contributed by atoms with van der Waals surface area (Å²) in [4.78, 5) is 4.12. The van der Waals surface area contributed by atoms with E-state index < -0.39 is 0 Å². The van der Waals surface area contributed by atoms with Crippen LogP contribution in [-0.4, -0.2) is 4.98 Å². The van der Waals surface area contributed by atoms with Gasteiger partial charge in [0.15, 0.2) is 0 Å². The quantitative estimate of drug-likeness (QED) is 0.773. The van der Waals surface area contributed by atoms with Crippen LogP contribution in [0.4, 0.5) is 4.39 Å². The van der Waals surface area contributed by atoms with E-state index in [1.807, 2.05) is 24.4 Å². The van der Waals surface area contributed by atoms with Crippen molar-refractivity contribution in [2.24, 2.45) is 0 Å². The lowest BCUT2D eigenvalue weighted by Crippen LogP contribution is -2.18. The monoisotopic (exact) mass is 280 g/mol. The number of fused-ring (bicyclic) bond motifs is 1. The van der Waals surface area contributed by atoms with Crippen molar-refractivity contribution in [3.05, 3.63) is 77.9 Å². The lowest BCUT2D eigenvalue weighted by Gasteiger charge is -2.14. The third-order valence-electron chi connectivity index (χ3n) is 3.69. The second kappa shape index (κ2) is 6.02. The number of hydrogen-bond acceptors (Lipinski definition) is 2. The Bertz CT molecular complexity index is 738. The molecule has 0 saturated carbocycles. The van der Waals surface area contributed by atoms with Gasteiger partial charge in [-0.1, -0.05) is 24.3 Å². The van der Waals surface area contributed by atoms with Crippen molar-refractivity contribution in [2.45, 2.75) is 19.5 Å². The van der Waals surface area contributed by atoms with E-state index in [1.54, 1.807) is 6.20 Å². The summed E-state index contributed by atoms with van der Waals surface area (Å²) in [7, 11) is 0. The average Bonchev–Trinajstić information content (AvgIpc) is 2.53. The molecular weight excluding hydrogens is 263 g/mol. The second-order valence-corrected chi connectivity index (χ2v) is 5.21. The molecule has 3 rings (SSSR count). The third-order valence-corrected chi connectivity index (χ3v) is 3.69. The van der Waals surface area contributed by atoms with Gasteiger partial charge in [0.05, 0.1) is 0 Å². The molecule has 0 aliphatic heterocycles. The molecule has 1 unspecified atom stereocenters. The van der Waals surface area contributed by atoms with Gasteiger partial charge in [-0.2, -0.15) is 0 Å². The van der Waals surface area contributed by atoms with Crippen LogP contribution in [0.1, 0.15) is 24.1 Å². The van der Waals surface area contributed by atoms with Crippen LogP contribution in [0.3, 0.4) is 0 Å². The maximum Gasteiger partial charge on any atom is 0.123 e. The van der Waals surface area contributed by atoms with Gasteiger partial charge in [0.2, 0.25) is 0 Å². The van der Waals surface area contributed by atoms with Crippen molar-refractivity contribution in [1.29, 1.82) is 0 Å². The summed E-state index contributed by atoms with van der Waals surface area (Å²) in [5.41, 5.74) is 2.31. The summed E-state index contributed by atoms with van der Waals surface area (Å²) in [5, 5.41) is 5.80. The van der Waals surface area contributed by atoms with Crippen molar-refractivity contribution >= 4 is 10.8 Å². The highest BCUT2D eigenvalue weighted by Crippen LogP contribution is 2.17. The SMILES string of the molecule is CC(NCc1ccc2cnccc2c1)c1ccc(F)cc1. The smallest absolute Gasteiger partial charge is 0.123 e. The first-order chi connectivity index (χ1) is 10.2. The van der Waals surface area contributed by atoms with Gasteiger partial charge in [-0.3, -0.25) is 4.98 Å². The molecule has 0 radical (unpaired) electrons. The molecule has 0 amide bonds. The topological polar surface area (TPSA) is 24.9 Å². The van der Waals surface area contributed by atoms with Crippen LogP contribution in [0.2, 0.25) is 0 Å². The van der Waals surface area contributed by atoms with Gasteiger partial charge < -0.3 is 5.32 Å². The van der Waals surface area contributed by atoms with Crippen LogP contribution in [0.5, 0.6) is 0 Å². The zero-order valence-electron chi connectivity index (χ0n) is 11.9. The Morgan fingerprint density at radius 1 is 1.05 bits per heavy atom. The zero-order valence-corrected chi connectivity index (χ0v) is 11.9. The van der Waals surface area contributed by atoms with Gasteiger partial charge in [-0.25, -0.2) is 4.39 Å². The van der Waals surface area contributed by atoms with Crippen LogP contribution < -0.4 is 5.32 Å². The summed E-state index contributed by atoms with van der Waals surface area (Å²) in [6.07, 6.45) is 3.67. The van der Waals surface area contributed by atoms with E-state index in [-0.39, 0.29) is 11.9 Å². The third kappa shape index (κ3) is 3.26. The second-order valence-electron chi connectivity index (χ2n) is 5.21. The molecule has 3 aromatic rings. The summed E-state index contributed by atoms with van der Waals surface area (Å²) in [6.45, 7) is 2.86. The van der Waals surface area contributed by atoms with Crippen LogP contribution >= 0.6 is 0 Å². The largest absolute Gasteiger partial charge is 0.306 e. The van der Waals surface area contributed by atoms with Gasteiger partial charge in [-0.05, 0) is 47.7 Å². The number of rotatable bonds is 4. The molecule has 2 nitrogen and oxygen atoms in total. The molecule has 21 heavy (non-hydrogen) atoms. The molecular formula is C18H17FN2. The Morgan fingerprint density at radius 3 is 2.67 bits per heavy atom. The van der Waals surface area contributed by atoms with Crippen LogP contribution in [0, 0.1) is 5.82 Å². The first kappa shape index (κ1) is 13.7. The highest BCUT2D eigenvalue weighted by Gasteiger charge is 2.05. The molecule has 1 atom stereocenters. The molecule has 0 aliphatic rings. The Hall–Kier alpha value is -2.26. The zero-order chi connectivity index (χ0) is 14.7. The summed E-state index contributed by atoms with van der Waals surface area (Å²) in [5.74, 6) is -0.200. The number of nitrogens with zero attached hydrogens (tertiary/aromatic N) is 1. The summed E-state index contributed by atoms with van der Waals surface area (Å²) in [6, 6.07) is 15.2. The standard InChI is InChI=1S/C18H17FN2/c1-13(15-4-6-18(19)7-5-15)21-11-14-2-3-17-12-20-9-8-16(17)10-14/h2-10,12-13,21H,11H2,1H3. The lowest BCUT2D eigenvalue weighted by molar-refractivity contribution is 0.571. The molecule has 1 N–H and O–H groups in total. The predicted octanol–water partition coefficient (Wildman–Crippen LogP) is 4.22. The highest BCUT2D eigenvalue weighted by molar-refractivity contribution is 5.81. The molecule has 3 heteroatoms. The fourth-order valence-corrected chi connectivity index (χ4v) is 2.38. The van der Waals surface area contributed by atoms with Crippen LogP contribution in [0.15, 0.2) is 60.9 Å². The summed E-state index contributed by atoms with van der Waals surface area (Å²) >= 11 is 0. The maximum atomic E-state index is 12.9. The van der Waals surface area contributed by atoms with Crippen molar-refractivity contribution in [1.82, 2.24) is 10.3 Å². The molecule has 1 aromatic heterocycles. The first-order valence-electron chi connectivity index (χ1n) is 7.04. The Kier molecular flexibility index (Phi) is 3.93. The van der Waals surface area contributed by atoms with E-state index in [0.29, 0.717) is 0 Å². The number of benzene rings is 2. The van der Waals surface area contributed by atoms with Gasteiger partial charge in [0, 0.05) is 30.4 Å². The maximum absolute atomic E-state index is 12.9. The Morgan fingerprint density at radius 2 is 1.86 bits per heavy atom. The molecule has 1 heterocycles. The number of aromatic nitrogens is 1. The Labute approximate surface area is 123 Å². The van der Waals surface area contributed by atoms with Gasteiger partial charge >= 0.3 is 0 Å². The molecule has 0 saturated heterocycles. The number of halogens is 1. The lowest BCUT2D eigenvalue weighted by atomic mass is 10.1. The molecule has 0 fully saturated rings. The van der Waals surface area contributed by atoms with Crippen LogP contribution in [-0.2, 0) is 6.54 Å². The van der Waals surface area contributed by atoms with E-state index >= 15 is 0 Å². The van der Waals surface area contributed by atoms with Crippen molar-refractivity contribution in [3.8, 4) is 0 Å². The minimum Gasteiger partial charge on any atom is -0.306 e. The molecule has 0 aliphatic carbocycles. The van der Waals surface area contributed by atoms with Gasteiger partial charge in [0.25, 0.3) is 0 Å². The number of pyridine rings is 1. The normalized spacial score (nSPS) is 12.5. The first-order valence-corrected chi connectivity index (χ1v) is 7.04. The van der Waals surface area contributed by atoms with Crippen molar-refractivity contribution in [3.63, 3.8) is 0 Å². The van der Waals surface area contributed by atoms with E-state index in [4.69, 9.17) is 0 Å². The van der Waals surface area contributed by atoms with E-state index in [9.17, 15) is 4.39 Å². The minimum atomic E-state index is -0.200. The van der Waals surface area contributed by atoms with Gasteiger partial charge in [-0.15, -0.1) is 0 Å². The van der Waals surface area contributed by atoms with Gasteiger partial charge in [0.1, 0.15) is 5.82 Å². The van der Waals surface area contributed by atoms with Crippen LogP contribution in [0.25, 0.3) is 10.8 Å². The number of nitrogens with one attached hydrogen (secondary N) is 1. The van der Waals surface area contributed by atoms with Crippen molar-refractivity contribution < 1.29 is 4.39 Å². The predicted molar refractivity (Wildman–Crippen MR) is 83.4 cm³/mol. The molecule has 0 spiro atoms.